The number of benzene rings is 1. The quantitative estimate of drug-likeness (QED) is 0.593. The minimum absolute atomic E-state index is 0.0757. The lowest BCUT2D eigenvalue weighted by molar-refractivity contribution is -0.122. The summed E-state index contributed by atoms with van der Waals surface area (Å²) in [5.74, 6) is -0.318. The highest BCUT2D eigenvalue weighted by atomic mass is 35.5. The van der Waals surface area contributed by atoms with Gasteiger partial charge in [-0.05, 0) is 36.8 Å². The van der Waals surface area contributed by atoms with E-state index < -0.39 is 0 Å². The monoisotopic (exact) mass is 420 g/mol. The number of carbonyl (C=O) groups excluding carboxylic acids is 2. The van der Waals surface area contributed by atoms with Crippen LogP contribution < -0.4 is 10.2 Å². The molecule has 3 rings (SSSR count). The van der Waals surface area contributed by atoms with Gasteiger partial charge in [0.1, 0.15) is 5.70 Å². The van der Waals surface area contributed by atoms with Gasteiger partial charge in [0.2, 0.25) is 5.91 Å². The van der Waals surface area contributed by atoms with E-state index in [0.29, 0.717) is 33.2 Å². The maximum absolute atomic E-state index is 12.7. The molecule has 0 unspecified atom stereocenters. The molecule has 1 aliphatic rings. The number of thiazole rings is 1. The number of nitrogens with zero attached hydrogens (tertiary/aromatic N) is 3. The second-order valence-electron chi connectivity index (χ2n) is 5.79. The van der Waals surface area contributed by atoms with Gasteiger partial charge in [-0.2, -0.15) is 0 Å². The summed E-state index contributed by atoms with van der Waals surface area (Å²) in [6.45, 7) is 4.20. The molecular formula is C18H17ClN4O2S2. The highest BCUT2D eigenvalue weighted by Crippen LogP contribution is 2.24. The summed E-state index contributed by atoms with van der Waals surface area (Å²) in [4.78, 5) is 31.8. The van der Waals surface area contributed by atoms with Crippen molar-refractivity contribution in [2.45, 2.75) is 20.4 Å². The normalized spacial score (nSPS) is 15.4. The lowest BCUT2D eigenvalue weighted by atomic mass is 10.2. The van der Waals surface area contributed by atoms with E-state index in [4.69, 9.17) is 23.8 Å². The Bertz CT molecular complexity index is 941. The van der Waals surface area contributed by atoms with Crippen LogP contribution in [0, 0.1) is 0 Å². The van der Waals surface area contributed by atoms with Crippen LogP contribution in [0.15, 0.2) is 35.3 Å². The van der Waals surface area contributed by atoms with Crippen molar-refractivity contribution in [1.29, 1.82) is 0 Å². The fourth-order valence-corrected chi connectivity index (χ4v) is 3.96. The molecule has 0 radical (unpaired) electrons. The number of rotatable bonds is 5. The van der Waals surface area contributed by atoms with E-state index >= 15 is 0 Å². The first-order valence-corrected chi connectivity index (χ1v) is 9.89. The highest BCUT2D eigenvalue weighted by molar-refractivity contribution is 7.80. The molecule has 1 aromatic carbocycles. The van der Waals surface area contributed by atoms with Crippen molar-refractivity contribution in [2.24, 2.45) is 0 Å². The van der Waals surface area contributed by atoms with Crippen molar-refractivity contribution in [1.82, 2.24) is 15.2 Å². The van der Waals surface area contributed by atoms with Crippen LogP contribution in [0.5, 0.6) is 0 Å². The highest BCUT2D eigenvalue weighted by Gasteiger charge is 2.31. The number of hydrogen-bond acceptors (Lipinski definition) is 5. The van der Waals surface area contributed by atoms with Crippen LogP contribution in [-0.4, -0.2) is 33.4 Å². The first kappa shape index (κ1) is 19.5. The van der Waals surface area contributed by atoms with Crippen molar-refractivity contribution in [3.8, 4) is 0 Å². The standard InChI is InChI=1S/C18H17ClN4O2S2/c1-3-22(11(2)24)18-20-13(10-27-18)8-15-16(25)23(17(26)21-15)9-12-6-4-5-7-14(12)19/h4-8,10H,3,9H2,1-2H3,(H,21,26)/b15-8-. The van der Waals surface area contributed by atoms with E-state index in [0.717, 1.165) is 5.56 Å². The van der Waals surface area contributed by atoms with E-state index in [1.165, 1.54) is 23.2 Å². The molecule has 1 N–H and O–H groups in total. The van der Waals surface area contributed by atoms with Crippen molar-refractivity contribution in [3.05, 3.63) is 51.6 Å². The van der Waals surface area contributed by atoms with Gasteiger partial charge in [0, 0.05) is 23.9 Å². The van der Waals surface area contributed by atoms with Crippen LogP contribution >= 0.6 is 35.2 Å². The molecule has 0 bridgehead atoms. The number of hydrogen-bond donors (Lipinski definition) is 1. The lowest BCUT2D eigenvalue weighted by Gasteiger charge is -2.14. The van der Waals surface area contributed by atoms with Gasteiger partial charge in [-0.3, -0.25) is 19.4 Å². The van der Waals surface area contributed by atoms with Gasteiger partial charge in [0.25, 0.3) is 5.91 Å². The first-order valence-electron chi connectivity index (χ1n) is 8.22. The summed E-state index contributed by atoms with van der Waals surface area (Å²) in [5.41, 5.74) is 1.75. The summed E-state index contributed by atoms with van der Waals surface area (Å²) in [7, 11) is 0. The topological polar surface area (TPSA) is 65.5 Å². The molecule has 2 heterocycles. The fraction of sp³-hybridized carbons (Fsp3) is 0.222. The SMILES string of the molecule is CCN(C(C)=O)c1nc(/C=C2\NC(=S)N(Cc3ccccc3Cl)C2=O)cs1. The van der Waals surface area contributed by atoms with Gasteiger partial charge < -0.3 is 5.32 Å². The molecule has 6 nitrogen and oxygen atoms in total. The van der Waals surface area contributed by atoms with Gasteiger partial charge >= 0.3 is 0 Å². The largest absolute Gasteiger partial charge is 0.328 e. The van der Waals surface area contributed by atoms with Crippen LogP contribution in [-0.2, 0) is 16.1 Å². The van der Waals surface area contributed by atoms with E-state index in [2.05, 4.69) is 10.3 Å². The van der Waals surface area contributed by atoms with E-state index in [9.17, 15) is 9.59 Å². The molecule has 1 fully saturated rings. The third-order valence-corrected chi connectivity index (χ3v) is 5.55. The number of amides is 2. The van der Waals surface area contributed by atoms with E-state index in [1.54, 1.807) is 22.4 Å². The Labute approximate surface area is 171 Å². The van der Waals surface area contributed by atoms with Gasteiger partial charge in [-0.15, -0.1) is 11.3 Å². The molecule has 27 heavy (non-hydrogen) atoms. The zero-order valence-corrected chi connectivity index (χ0v) is 17.1. The molecule has 140 valence electrons. The van der Waals surface area contributed by atoms with Gasteiger partial charge in [0.05, 0.1) is 12.2 Å². The zero-order valence-electron chi connectivity index (χ0n) is 14.7. The maximum Gasteiger partial charge on any atom is 0.276 e. The third-order valence-electron chi connectivity index (χ3n) is 3.98. The Kier molecular flexibility index (Phi) is 5.88. The Hall–Kier alpha value is -2.29. The average molecular weight is 421 g/mol. The van der Waals surface area contributed by atoms with Crippen LogP contribution in [0.3, 0.4) is 0 Å². The number of thiocarbonyl (C=S) groups is 1. The summed E-state index contributed by atoms with van der Waals surface area (Å²) in [6, 6.07) is 7.32. The number of halogens is 1. The summed E-state index contributed by atoms with van der Waals surface area (Å²) < 4.78 is 0. The predicted octanol–water partition coefficient (Wildman–Crippen LogP) is 3.43. The predicted molar refractivity (Wildman–Crippen MR) is 112 cm³/mol. The fourth-order valence-electron chi connectivity index (χ4n) is 2.62. The minimum atomic E-state index is -0.242. The Morgan fingerprint density at radius 3 is 2.85 bits per heavy atom. The minimum Gasteiger partial charge on any atom is -0.328 e. The molecule has 1 aromatic heterocycles. The van der Waals surface area contributed by atoms with Crippen molar-refractivity contribution in [2.75, 3.05) is 11.4 Å². The molecule has 9 heteroatoms. The van der Waals surface area contributed by atoms with Gasteiger partial charge in [-0.1, -0.05) is 29.8 Å². The van der Waals surface area contributed by atoms with Crippen LogP contribution in [0.25, 0.3) is 6.08 Å². The molecular weight excluding hydrogens is 404 g/mol. The Morgan fingerprint density at radius 2 is 2.19 bits per heavy atom. The number of aromatic nitrogens is 1. The van der Waals surface area contributed by atoms with Gasteiger partial charge in [0.15, 0.2) is 10.2 Å². The second-order valence-corrected chi connectivity index (χ2v) is 7.42. The smallest absolute Gasteiger partial charge is 0.276 e. The van der Waals surface area contributed by atoms with E-state index in [-0.39, 0.29) is 18.4 Å². The molecule has 1 aliphatic heterocycles. The van der Waals surface area contributed by atoms with Gasteiger partial charge in [-0.25, -0.2) is 4.98 Å². The zero-order chi connectivity index (χ0) is 19.6. The first-order chi connectivity index (χ1) is 12.9. The van der Waals surface area contributed by atoms with E-state index in [1.807, 2.05) is 25.1 Å². The molecule has 0 spiro atoms. The molecule has 0 atom stereocenters. The lowest BCUT2D eigenvalue weighted by Crippen LogP contribution is -2.30. The Morgan fingerprint density at radius 1 is 1.44 bits per heavy atom. The van der Waals surface area contributed by atoms with Crippen LogP contribution in [0.4, 0.5) is 5.13 Å². The van der Waals surface area contributed by atoms with Crippen molar-refractivity contribution >= 4 is 63.3 Å². The number of carbonyl (C=O) groups is 2. The average Bonchev–Trinajstić information content (AvgIpc) is 3.17. The summed E-state index contributed by atoms with van der Waals surface area (Å²) >= 11 is 12.8. The summed E-state index contributed by atoms with van der Waals surface area (Å²) in [6.07, 6.45) is 1.63. The molecule has 0 saturated carbocycles. The number of nitrogens with one attached hydrogen (secondary N) is 1. The summed E-state index contributed by atoms with van der Waals surface area (Å²) in [5, 5.41) is 6.22. The molecule has 2 amide bonds. The molecule has 0 aliphatic carbocycles. The molecule has 2 aromatic rings. The van der Waals surface area contributed by atoms with Crippen LogP contribution in [0.2, 0.25) is 5.02 Å². The second kappa shape index (κ2) is 8.16. The van der Waals surface area contributed by atoms with Crippen molar-refractivity contribution < 1.29 is 9.59 Å². The third kappa shape index (κ3) is 4.18. The van der Waals surface area contributed by atoms with Crippen molar-refractivity contribution in [3.63, 3.8) is 0 Å². The Balaban J connectivity index is 1.79. The number of anilines is 1. The molecule has 1 saturated heterocycles. The maximum atomic E-state index is 12.7. The van der Waals surface area contributed by atoms with Crippen LogP contribution in [0.1, 0.15) is 25.1 Å².